The number of nitrogens with one attached hydrogen (secondary N) is 1. The van der Waals surface area contributed by atoms with Crippen molar-refractivity contribution in [1.29, 1.82) is 0 Å². The highest BCUT2D eigenvalue weighted by Crippen LogP contribution is 2.20. The van der Waals surface area contributed by atoms with Crippen LogP contribution in [0.15, 0.2) is 12.1 Å². The van der Waals surface area contributed by atoms with Crippen molar-refractivity contribution >= 4 is 17.0 Å². The van der Waals surface area contributed by atoms with Crippen LogP contribution in [0.25, 0.3) is 11.0 Å². The number of aromatic amines is 1. The first-order valence-electron chi connectivity index (χ1n) is 6.17. The van der Waals surface area contributed by atoms with Gasteiger partial charge in [0.25, 0.3) is 0 Å². The molecule has 0 saturated carbocycles. The SMILES string of the molecule is O=C(O)c1c(CN(CCO)CCO)ccc2[nH]nnc12. The molecule has 0 radical (unpaired) electrons. The van der Waals surface area contributed by atoms with E-state index in [0.717, 1.165) is 0 Å². The molecule has 0 bridgehead atoms. The molecule has 1 aromatic carbocycles. The maximum absolute atomic E-state index is 11.4. The first-order chi connectivity index (χ1) is 9.67. The van der Waals surface area contributed by atoms with Crippen molar-refractivity contribution in [2.45, 2.75) is 6.54 Å². The van der Waals surface area contributed by atoms with E-state index in [1.165, 1.54) is 0 Å². The van der Waals surface area contributed by atoms with E-state index in [-0.39, 0.29) is 18.8 Å². The van der Waals surface area contributed by atoms with Crippen molar-refractivity contribution < 1.29 is 20.1 Å². The number of nitrogens with zero attached hydrogens (tertiary/aromatic N) is 3. The van der Waals surface area contributed by atoms with Crippen LogP contribution in [0, 0.1) is 0 Å². The number of rotatable bonds is 7. The highest BCUT2D eigenvalue weighted by Gasteiger charge is 2.18. The molecule has 4 N–H and O–H groups in total. The van der Waals surface area contributed by atoms with Gasteiger partial charge < -0.3 is 15.3 Å². The van der Waals surface area contributed by atoms with Gasteiger partial charge in [-0.25, -0.2) is 4.79 Å². The second-order valence-electron chi connectivity index (χ2n) is 4.34. The molecule has 8 nitrogen and oxygen atoms in total. The van der Waals surface area contributed by atoms with Gasteiger partial charge in [-0.1, -0.05) is 11.3 Å². The predicted molar refractivity (Wildman–Crippen MR) is 70.3 cm³/mol. The summed E-state index contributed by atoms with van der Waals surface area (Å²) in [6, 6.07) is 3.40. The van der Waals surface area contributed by atoms with Crippen LogP contribution in [0.3, 0.4) is 0 Å². The average molecular weight is 280 g/mol. The summed E-state index contributed by atoms with van der Waals surface area (Å²) in [5.41, 5.74) is 1.53. The molecule has 0 aliphatic carbocycles. The summed E-state index contributed by atoms with van der Waals surface area (Å²) in [6.45, 7) is 0.904. The maximum Gasteiger partial charge on any atom is 0.338 e. The molecule has 0 saturated heterocycles. The van der Waals surface area contributed by atoms with Crippen LogP contribution >= 0.6 is 0 Å². The van der Waals surface area contributed by atoms with Crippen molar-refractivity contribution in [2.24, 2.45) is 0 Å². The Morgan fingerprint density at radius 1 is 1.25 bits per heavy atom. The number of benzene rings is 1. The number of hydrogen-bond donors (Lipinski definition) is 4. The van der Waals surface area contributed by atoms with Crippen LogP contribution in [0.2, 0.25) is 0 Å². The fraction of sp³-hybridized carbons (Fsp3) is 0.417. The van der Waals surface area contributed by atoms with Gasteiger partial charge >= 0.3 is 5.97 Å². The highest BCUT2D eigenvalue weighted by atomic mass is 16.4. The van der Waals surface area contributed by atoms with E-state index in [4.69, 9.17) is 10.2 Å². The second kappa shape index (κ2) is 6.42. The predicted octanol–water partition coefficient (Wildman–Crippen LogP) is -0.557. The Morgan fingerprint density at radius 2 is 1.95 bits per heavy atom. The van der Waals surface area contributed by atoms with Crippen molar-refractivity contribution in [3.63, 3.8) is 0 Å². The Kier molecular flexibility index (Phi) is 4.61. The lowest BCUT2D eigenvalue weighted by Gasteiger charge is -2.21. The molecular formula is C12H16N4O4. The molecule has 8 heteroatoms. The Labute approximate surface area is 114 Å². The van der Waals surface area contributed by atoms with Crippen LogP contribution in [-0.4, -0.2) is 67.9 Å². The van der Waals surface area contributed by atoms with Gasteiger partial charge in [-0.15, -0.1) is 5.10 Å². The van der Waals surface area contributed by atoms with Gasteiger partial charge in [0.2, 0.25) is 0 Å². The van der Waals surface area contributed by atoms with Gasteiger partial charge in [0.1, 0.15) is 5.52 Å². The number of carboxylic acid groups (broad SMARTS) is 1. The Bertz CT molecular complexity index is 592. The van der Waals surface area contributed by atoms with Gasteiger partial charge in [0.15, 0.2) is 0 Å². The zero-order valence-corrected chi connectivity index (χ0v) is 10.8. The molecule has 0 amide bonds. The van der Waals surface area contributed by atoms with E-state index >= 15 is 0 Å². The third kappa shape index (κ3) is 2.93. The molecule has 1 heterocycles. The number of aromatic nitrogens is 3. The Morgan fingerprint density at radius 3 is 2.55 bits per heavy atom. The second-order valence-corrected chi connectivity index (χ2v) is 4.34. The first kappa shape index (κ1) is 14.4. The molecule has 0 unspecified atom stereocenters. The summed E-state index contributed by atoms with van der Waals surface area (Å²) in [5, 5.41) is 37.4. The Hall–Kier alpha value is -2.03. The third-order valence-electron chi connectivity index (χ3n) is 3.02. The minimum atomic E-state index is -1.08. The lowest BCUT2D eigenvalue weighted by molar-refractivity contribution is 0.0696. The van der Waals surface area contributed by atoms with Crippen molar-refractivity contribution in [1.82, 2.24) is 20.3 Å². The summed E-state index contributed by atoms with van der Waals surface area (Å²) in [6.07, 6.45) is 0. The van der Waals surface area contributed by atoms with E-state index in [1.54, 1.807) is 17.0 Å². The molecule has 0 aliphatic rings. The van der Waals surface area contributed by atoms with Gasteiger partial charge in [-0.05, 0) is 11.6 Å². The summed E-state index contributed by atoms with van der Waals surface area (Å²) < 4.78 is 0. The molecule has 20 heavy (non-hydrogen) atoms. The number of H-pyrrole nitrogens is 1. The van der Waals surface area contributed by atoms with E-state index < -0.39 is 5.97 Å². The number of carboxylic acids is 1. The molecule has 0 spiro atoms. The normalized spacial score (nSPS) is 11.3. The topological polar surface area (TPSA) is 123 Å². The van der Waals surface area contributed by atoms with Gasteiger partial charge in [-0.2, -0.15) is 0 Å². The third-order valence-corrected chi connectivity index (χ3v) is 3.02. The summed E-state index contributed by atoms with van der Waals surface area (Å²) in [4.78, 5) is 13.2. The van der Waals surface area contributed by atoms with Crippen molar-refractivity contribution in [3.05, 3.63) is 23.3 Å². The fourth-order valence-electron chi connectivity index (χ4n) is 2.12. The molecule has 0 aliphatic heterocycles. The molecule has 1 aromatic heterocycles. The number of aromatic carboxylic acids is 1. The summed E-state index contributed by atoms with van der Waals surface area (Å²) >= 11 is 0. The molecule has 2 aromatic rings. The lowest BCUT2D eigenvalue weighted by Crippen LogP contribution is -2.30. The van der Waals surface area contributed by atoms with E-state index in [2.05, 4.69) is 15.4 Å². The highest BCUT2D eigenvalue weighted by molar-refractivity contribution is 6.02. The molecule has 108 valence electrons. The smallest absolute Gasteiger partial charge is 0.338 e. The van der Waals surface area contributed by atoms with Crippen LogP contribution < -0.4 is 0 Å². The van der Waals surface area contributed by atoms with Crippen LogP contribution in [0.1, 0.15) is 15.9 Å². The number of aliphatic hydroxyl groups is 2. The number of aliphatic hydroxyl groups excluding tert-OH is 2. The number of fused-ring (bicyclic) bond motifs is 1. The fourth-order valence-corrected chi connectivity index (χ4v) is 2.12. The largest absolute Gasteiger partial charge is 0.478 e. The summed E-state index contributed by atoms with van der Waals surface area (Å²) in [7, 11) is 0. The van der Waals surface area contributed by atoms with Gasteiger partial charge in [0, 0.05) is 19.6 Å². The lowest BCUT2D eigenvalue weighted by atomic mass is 10.0. The van der Waals surface area contributed by atoms with E-state index in [1.807, 2.05) is 0 Å². The minimum Gasteiger partial charge on any atom is -0.478 e. The van der Waals surface area contributed by atoms with Crippen molar-refractivity contribution in [2.75, 3.05) is 26.3 Å². The Balaban J connectivity index is 2.37. The zero-order chi connectivity index (χ0) is 14.5. The summed E-state index contributed by atoms with van der Waals surface area (Å²) in [5.74, 6) is -1.08. The molecule has 0 fully saturated rings. The zero-order valence-electron chi connectivity index (χ0n) is 10.8. The number of carbonyl (C=O) groups is 1. The number of hydrogen-bond acceptors (Lipinski definition) is 6. The van der Waals surface area contributed by atoms with Crippen LogP contribution in [0.4, 0.5) is 0 Å². The maximum atomic E-state index is 11.4. The molecular weight excluding hydrogens is 264 g/mol. The monoisotopic (exact) mass is 280 g/mol. The standard InChI is InChI=1S/C12H16N4O4/c17-5-3-16(4-6-18)7-8-1-2-9-11(14-15-13-9)10(8)12(19)20/h1-2,17-18H,3-7H2,(H,19,20)(H,13,14,15). The van der Waals surface area contributed by atoms with E-state index in [0.29, 0.717) is 36.2 Å². The quantitative estimate of drug-likeness (QED) is 0.536. The van der Waals surface area contributed by atoms with Gasteiger partial charge in [-0.3, -0.25) is 10.00 Å². The average Bonchev–Trinajstić information content (AvgIpc) is 2.86. The first-order valence-corrected chi connectivity index (χ1v) is 6.17. The van der Waals surface area contributed by atoms with Crippen LogP contribution in [0.5, 0.6) is 0 Å². The van der Waals surface area contributed by atoms with E-state index in [9.17, 15) is 9.90 Å². The molecule has 2 rings (SSSR count). The van der Waals surface area contributed by atoms with Crippen molar-refractivity contribution in [3.8, 4) is 0 Å². The molecule has 0 atom stereocenters. The van der Waals surface area contributed by atoms with Crippen LogP contribution in [-0.2, 0) is 6.54 Å². The van der Waals surface area contributed by atoms with Gasteiger partial charge in [0.05, 0.1) is 24.3 Å². The minimum absolute atomic E-state index is 0.0609.